The van der Waals surface area contributed by atoms with Crippen molar-refractivity contribution < 1.29 is 9.47 Å². The van der Waals surface area contributed by atoms with Crippen LogP contribution in [0.25, 0.3) is 0 Å². The predicted octanol–water partition coefficient (Wildman–Crippen LogP) is 4.44. The molecule has 0 atom stereocenters. The molecule has 27 heavy (non-hydrogen) atoms. The van der Waals surface area contributed by atoms with Crippen molar-refractivity contribution in [1.82, 2.24) is 10.6 Å². The molecule has 0 heterocycles. The van der Waals surface area contributed by atoms with Crippen LogP contribution in [0.15, 0.2) is 23.2 Å². The van der Waals surface area contributed by atoms with E-state index in [2.05, 4.69) is 29.9 Å². The van der Waals surface area contributed by atoms with Gasteiger partial charge < -0.3 is 20.1 Å². The summed E-state index contributed by atoms with van der Waals surface area (Å²) in [6.07, 6.45) is 8.30. The summed E-state index contributed by atoms with van der Waals surface area (Å²) in [6, 6.07) is 6.04. The van der Waals surface area contributed by atoms with Crippen molar-refractivity contribution in [3.63, 3.8) is 0 Å². The number of rotatable bonds is 10. The Morgan fingerprint density at radius 3 is 2.70 bits per heavy atom. The van der Waals surface area contributed by atoms with Crippen molar-refractivity contribution in [2.45, 2.75) is 51.7 Å². The summed E-state index contributed by atoms with van der Waals surface area (Å²) in [7, 11) is 1.70. The second-order valence-corrected chi connectivity index (χ2v) is 7.43. The maximum atomic E-state index is 6.30. The maximum Gasteiger partial charge on any atom is 0.191 e. The van der Waals surface area contributed by atoms with E-state index in [-0.39, 0.29) is 24.0 Å². The number of aliphatic imine (C=N–C) groups is 1. The van der Waals surface area contributed by atoms with Crippen molar-refractivity contribution in [1.29, 1.82) is 0 Å². The summed E-state index contributed by atoms with van der Waals surface area (Å²) >= 11 is 1.87. The zero-order valence-electron chi connectivity index (χ0n) is 16.8. The smallest absolute Gasteiger partial charge is 0.191 e. The Labute approximate surface area is 185 Å². The Bertz CT molecular complexity index is 566. The average molecular weight is 507 g/mol. The minimum absolute atomic E-state index is 0. The highest BCUT2D eigenvalue weighted by atomic mass is 127. The van der Waals surface area contributed by atoms with Gasteiger partial charge in [-0.2, -0.15) is 11.8 Å². The van der Waals surface area contributed by atoms with Crippen LogP contribution in [0.1, 0.15) is 44.6 Å². The second kappa shape index (κ2) is 14.2. The minimum atomic E-state index is 0. The zero-order valence-corrected chi connectivity index (χ0v) is 19.9. The van der Waals surface area contributed by atoms with Crippen LogP contribution < -0.4 is 20.1 Å². The lowest BCUT2D eigenvalue weighted by molar-refractivity contribution is 0.198. The third kappa shape index (κ3) is 8.37. The molecule has 1 aromatic rings. The van der Waals surface area contributed by atoms with Gasteiger partial charge in [-0.1, -0.05) is 12.1 Å². The van der Waals surface area contributed by atoms with Crippen LogP contribution >= 0.6 is 35.7 Å². The first-order chi connectivity index (χ1) is 12.8. The van der Waals surface area contributed by atoms with Crippen molar-refractivity contribution in [3.05, 3.63) is 23.8 Å². The number of guanidine groups is 1. The molecule has 0 saturated heterocycles. The van der Waals surface area contributed by atoms with Crippen LogP contribution in [-0.2, 0) is 6.54 Å². The maximum absolute atomic E-state index is 6.30. The number of nitrogens with one attached hydrogen (secondary N) is 2. The largest absolute Gasteiger partial charge is 0.493 e. The van der Waals surface area contributed by atoms with Gasteiger partial charge in [0.05, 0.1) is 19.8 Å². The molecule has 1 aliphatic rings. The SMILES string of the molecule is CCNC(=NCc1cccc(OC)c1OC1CCCC1)NCCCSC.I. The first-order valence-electron chi connectivity index (χ1n) is 9.62. The molecule has 2 N–H and O–H groups in total. The normalized spacial score (nSPS) is 14.6. The highest BCUT2D eigenvalue weighted by Gasteiger charge is 2.20. The van der Waals surface area contributed by atoms with Gasteiger partial charge in [-0.25, -0.2) is 4.99 Å². The van der Waals surface area contributed by atoms with E-state index in [1.807, 2.05) is 23.9 Å². The number of thioether (sulfide) groups is 1. The van der Waals surface area contributed by atoms with E-state index in [0.717, 1.165) is 61.1 Å². The summed E-state index contributed by atoms with van der Waals surface area (Å²) in [5.74, 6) is 3.65. The van der Waals surface area contributed by atoms with Crippen LogP contribution in [0.3, 0.4) is 0 Å². The number of nitrogens with zero attached hydrogens (tertiary/aromatic N) is 1. The molecule has 0 amide bonds. The van der Waals surface area contributed by atoms with Gasteiger partial charge in [0.25, 0.3) is 0 Å². The number of hydrogen-bond donors (Lipinski definition) is 2. The number of para-hydroxylation sites is 1. The number of benzene rings is 1. The molecule has 1 saturated carbocycles. The molecule has 0 aromatic heterocycles. The van der Waals surface area contributed by atoms with E-state index in [1.54, 1.807) is 7.11 Å². The Kier molecular flexibility index (Phi) is 12.7. The number of ether oxygens (including phenoxy) is 2. The number of halogens is 1. The van der Waals surface area contributed by atoms with Crippen molar-refractivity contribution in [2.75, 3.05) is 32.2 Å². The Morgan fingerprint density at radius 2 is 2.04 bits per heavy atom. The number of hydrogen-bond acceptors (Lipinski definition) is 4. The third-order valence-electron chi connectivity index (χ3n) is 4.44. The van der Waals surface area contributed by atoms with E-state index in [1.165, 1.54) is 12.8 Å². The molecule has 0 spiro atoms. The molecule has 1 aromatic carbocycles. The van der Waals surface area contributed by atoms with Gasteiger partial charge in [-0.05, 0) is 57.1 Å². The molecule has 5 nitrogen and oxygen atoms in total. The predicted molar refractivity (Wildman–Crippen MR) is 127 cm³/mol. The molecular weight excluding hydrogens is 473 g/mol. The van der Waals surface area contributed by atoms with Gasteiger partial charge in [0.1, 0.15) is 0 Å². The standard InChI is InChI=1S/C20H33N3O2S.HI/c1-4-21-20(22-13-8-14-26-3)23-15-16-9-7-12-18(24-2)19(16)25-17-10-5-6-11-17;/h7,9,12,17H,4-6,8,10-11,13-15H2,1-3H3,(H2,21,22,23);1H. The highest BCUT2D eigenvalue weighted by Crippen LogP contribution is 2.35. The van der Waals surface area contributed by atoms with E-state index in [9.17, 15) is 0 Å². The van der Waals surface area contributed by atoms with Crippen LogP contribution in [0.4, 0.5) is 0 Å². The van der Waals surface area contributed by atoms with Crippen molar-refractivity contribution in [2.24, 2.45) is 4.99 Å². The molecule has 0 unspecified atom stereocenters. The van der Waals surface area contributed by atoms with E-state index in [0.29, 0.717) is 12.6 Å². The minimum Gasteiger partial charge on any atom is -0.493 e. The summed E-state index contributed by atoms with van der Waals surface area (Å²) in [4.78, 5) is 4.74. The zero-order chi connectivity index (χ0) is 18.6. The Hall–Kier alpha value is -0.830. The van der Waals surface area contributed by atoms with Crippen LogP contribution in [-0.4, -0.2) is 44.3 Å². The fraction of sp³-hybridized carbons (Fsp3) is 0.650. The molecule has 0 aliphatic heterocycles. The lowest BCUT2D eigenvalue weighted by atomic mass is 10.1. The Morgan fingerprint density at radius 1 is 1.26 bits per heavy atom. The average Bonchev–Trinajstić information content (AvgIpc) is 3.17. The quantitative estimate of drug-likeness (QED) is 0.212. The van der Waals surface area contributed by atoms with E-state index >= 15 is 0 Å². The molecule has 0 radical (unpaired) electrons. The summed E-state index contributed by atoms with van der Waals surface area (Å²) in [6.45, 7) is 4.42. The lowest BCUT2D eigenvalue weighted by Crippen LogP contribution is -2.37. The van der Waals surface area contributed by atoms with Gasteiger partial charge in [0.15, 0.2) is 17.5 Å². The summed E-state index contributed by atoms with van der Waals surface area (Å²) < 4.78 is 11.8. The van der Waals surface area contributed by atoms with Crippen molar-refractivity contribution >= 4 is 41.7 Å². The van der Waals surface area contributed by atoms with E-state index < -0.39 is 0 Å². The van der Waals surface area contributed by atoms with Crippen LogP contribution in [0, 0.1) is 0 Å². The van der Waals surface area contributed by atoms with Gasteiger partial charge >= 0.3 is 0 Å². The van der Waals surface area contributed by atoms with Crippen LogP contribution in [0.5, 0.6) is 11.5 Å². The highest BCUT2D eigenvalue weighted by molar-refractivity contribution is 14.0. The molecule has 1 aliphatic carbocycles. The molecule has 1 fully saturated rings. The van der Waals surface area contributed by atoms with Gasteiger partial charge in [-0.3, -0.25) is 0 Å². The fourth-order valence-corrected chi connectivity index (χ4v) is 3.52. The topological polar surface area (TPSA) is 54.9 Å². The first kappa shape index (κ1) is 24.2. The van der Waals surface area contributed by atoms with E-state index in [4.69, 9.17) is 14.5 Å². The molecule has 2 rings (SSSR count). The first-order valence-corrected chi connectivity index (χ1v) is 11.0. The molecule has 7 heteroatoms. The molecule has 0 bridgehead atoms. The van der Waals surface area contributed by atoms with Gasteiger partial charge in [0.2, 0.25) is 0 Å². The summed E-state index contributed by atoms with van der Waals surface area (Å²) in [5.41, 5.74) is 1.07. The summed E-state index contributed by atoms with van der Waals surface area (Å²) in [5, 5.41) is 6.71. The van der Waals surface area contributed by atoms with Crippen LogP contribution in [0.2, 0.25) is 0 Å². The second-order valence-electron chi connectivity index (χ2n) is 6.44. The number of methoxy groups -OCH3 is 1. The van der Waals surface area contributed by atoms with Gasteiger partial charge in [-0.15, -0.1) is 24.0 Å². The van der Waals surface area contributed by atoms with Crippen molar-refractivity contribution in [3.8, 4) is 11.5 Å². The third-order valence-corrected chi connectivity index (χ3v) is 5.13. The Balaban J connectivity index is 0.00000364. The van der Waals surface area contributed by atoms with Gasteiger partial charge in [0, 0.05) is 18.7 Å². The fourth-order valence-electron chi connectivity index (χ4n) is 3.08. The monoisotopic (exact) mass is 507 g/mol. The molecule has 154 valence electrons. The lowest BCUT2D eigenvalue weighted by Gasteiger charge is -2.19. The molecular formula is C20H34IN3O2S.